The lowest BCUT2D eigenvalue weighted by atomic mass is 10.1. The van der Waals surface area contributed by atoms with Crippen molar-refractivity contribution in [3.05, 3.63) is 23.8 Å². The van der Waals surface area contributed by atoms with E-state index < -0.39 is 0 Å². The van der Waals surface area contributed by atoms with Gasteiger partial charge in [0.15, 0.2) is 6.61 Å². The summed E-state index contributed by atoms with van der Waals surface area (Å²) < 4.78 is 10.1. The summed E-state index contributed by atoms with van der Waals surface area (Å²) in [5, 5.41) is 2.74. The summed E-state index contributed by atoms with van der Waals surface area (Å²) in [4.78, 5) is 38.9. The molecule has 8 nitrogen and oxygen atoms in total. The second-order valence-corrected chi connectivity index (χ2v) is 6.04. The lowest BCUT2D eigenvalue weighted by Gasteiger charge is -2.22. The van der Waals surface area contributed by atoms with E-state index in [1.165, 1.54) is 7.11 Å². The Bertz CT molecular complexity index is 691. The minimum Gasteiger partial charge on any atom is -0.482 e. The summed E-state index contributed by atoms with van der Waals surface area (Å²) in [6.07, 6.45) is 0.593. The zero-order valence-electron chi connectivity index (χ0n) is 14.1. The zero-order valence-corrected chi connectivity index (χ0v) is 14.1. The Labute approximate surface area is 145 Å². The van der Waals surface area contributed by atoms with Gasteiger partial charge in [0.25, 0.3) is 5.91 Å². The third kappa shape index (κ3) is 4.01. The molecule has 3 rings (SSSR count). The van der Waals surface area contributed by atoms with Gasteiger partial charge >= 0.3 is 6.09 Å². The van der Waals surface area contributed by atoms with E-state index in [0.717, 1.165) is 12.0 Å². The number of nitrogens with zero attached hydrogens (tertiary/aromatic N) is 2. The van der Waals surface area contributed by atoms with Crippen LogP contribution in [0.3, 0.4) is 0 Å². The molecule has 1 aromatic rings. The van der Waals surface area contributed by atoms with Crippen molar-refractivity contribution in [1.82, 2.24) is 9.80 Å². The Morgan fingerprint density at radius 2 is 1.96 bits per heavy atom. The molecule has 0 bridgehead atoms. The van der Waals surface area contributed by atoms with Crippen LogP contribution in [-0.4, -0.2) is 67.6 Å². The molecule has 0 aromatic heterocycles. The summed E-state index contributed by atoms with van der Waals surface area (Å²) in [6.45, 7) is 2.15. The van der Waals surface area contributed by atoms with E-state index in [2.05, 4.69) is 5.32 Å². The van der Waals surface area contributed by atoms with Crippen LogP contribution in [0.25, 0.3) is 0 Å². The second kappa shape index (κ2) is 7.42. The Hall–Kier alpha value is -2.77. The molecule has 8 heteroatoms. The molecule has 1 N–H and O–H groups in total. The Kier molecular flexibility index (Phi) is 5.06. The maximum Gasteiger partial charge on any atom is 0.409 e. The van der Waals surface area contributed by atoms with Crippen LogP contribution in [0.2, 0.25) is 0 Å². The fourth-order valence-corrected chi connectivity index (χ4v) is 3.01. The number of amides is 3. The predicted molar refractivity (Wildman–Crippen MR) is 89.4 cm³/mol. The average molecular weight is 347 g/mol. The van der Waals surface area contributed by atoms with Gasteiger partial charge in [0.1, 0.15) is 5.75 Å². The highest BCUT2D eigenvalue weighted by Crippen LogP contribution is 2.28. The Morgan fingerprint density at radius 3 is 2.76 bits per heavy atom. The molecule has 0 atom stereocenters. The monoisotopic (exact) mass is 347 g/mol. The van der Waals surface area contributed by atoms with Crippen LogP contribution in [0.5, 0.6) is 5.75 Å². The number of carbonyl (C=O) groups excluding carboxylic acids is 3. The second-order valence-electron chi connectivity index (χ2n) is 6.04. The van der Waals surface area contributed by atoms with Gasteiger partial charge in [0.2, 0.25) is 5.91 Å². The van der Waals surface area contributed by atoms with E-state index in [-0.39, 0.29) is 30.9 Å². The van der Waals surface area contributed by atoms with E-state index in [0.29, 0.717) is 37.6 Å². The van der Waals surface area contributed by atoms with Gasteiger partial charge in [-0.3, -0.25) is 9.59 Å². The SMILES string of the molecule is COC(=O)N1CCCN(C(=O)Cc2ccc3c(c2)NC(=O)CO3)CC1. The Morgan fingerprint density at radius 1 is 1.20 bits per heavy atom. The minimum absolute atomic E-state index is 0.00489. The van der Waals surface area contributed by atoms with E-state index in [9.17, 15) is 14.4 Å². The van der Waals surface area contributed by atoms with Crippen molar-refractivity contribution in [1.29, 1.82) is 0 Å². The Balaban J connectivity index is 1.61. The molecular weight excluding hydrogens is 326 g/mol. The van der Waals surface area contributed by atoms with Crippen LogP contribution in [0.1, 0.15) is 12.0 Å². The molecule has 2 aliphatic rings. The topological polar surface area (TPSA) is 88.2 Å². The van der Waals surface area contributed by atoms with Crippen LogP contribution >= 0.6 is 0 Å². The zero-order chi connectivity index (χ0) is 17.8. The van der Waals surface area contributed by atoms with Crippen LogP contribution in [0.15, 0.2) is 18.2 Å². The predicted octanol–water partition coefficient (Wildman–Crippen LogP) is 0.861. The van der Waals surface area contributed by atoms with Gasteiger partial charge in [0, 0.05) is 26.2 Å². The van der Waals surface area contributed by atoms with Crippen LogP contribution in [-0.2, 0) is 20.7 Å². The highest BCUT2D eigenvalue weighted by atomic mass is 16.5. The third-order valence-electron chi connectivity index (χ3n) is 4.31. The van der Waals surface area contributed by atoms with Gasteiger partial charge < -0.3 is 24.6 Å². The van der Waals surface area contributed by atoms with Crippen molar-refractivity contribution in [2.24, 2.45) is 0 Å². The standard InChI is InChI=1S/C17H21N3O5/c1-24-17(23)20-6-2-5-19(7-8-20)16(22)10-12-3-4-14-13(9-12)18-15(21)11-25-14/h3-4,9H,2,5-8,10-11H2,1H3,(H,18,21). The lowest BCUT2D eigenvalue weighted by molar-refractivity contribution is -0.130. The van der Waals surface area contributed by atoms with Gasteiger partial charge in [-0.05, 0) is 24.1 Å². The number of anilines is 1. The number of nitrogens with one attached hydrogen (secondary N) is 1. The summed E-state index contributed by atoms with van der Waals surface area (Å²) in [5.74, 6) is 0.403. The van der Waals surface area contributed by atoms with Gasteiger partial charge in [0.05, 0.1) is 19.2 Å². The summed E-state index contributed by atoms with van der Waals surface area (Å²) in [5.41, 5.74) is 1.40. The molecule has 0 radical (unpaired) electrons. The fraction of sp³-hybridized carbons (Fsp3) is 0.471. The van der Waals surface area contributed by atoms with Crippen LogP contribution in [0, 0.1) is 0 Å². The van der Waals surface area contributed by atoms with E-state index in [1.54, 1.807) is 21.9 Å². The minimum atomic E-state index is -0.361. The maximum atomic E-state index is 12.6. The molecule has 2 heterocycles. The highest BCUT2D eigenvalue weighted by Gasteiger charge is 2.23. The fourth-order valence-electron chi connectivity index (χ4n) is 3.01. The third-order valence-corrected chi connectivity index (χ3v) is 4.31. The van der Waals surface area contributed by atoms with Gasteiger partial charge in [-0.2, -0.15) is 0 Å². The molecule has 134 valence electrons. The average Bonchev–Trinajstić information content (AvgIpc) is 2.87. The van der Waals surface area contributed by atoms with Crippen molar-refractivity contribution in [2.75, 3.05) is 45.2 Å². The van der Waals surface area contributed by atoms with Gasteiger partial charge in [-0.15, -0.1) is 0 Å². The molecule has 1 fully saturated rings. The molecule has 1 saturated heterocycles. The van der Waals surface area contributed by atoms with Crippen LogP contribution < -0.4 is 10.1 Å². The number of rotatable bonds is 2. The summed E-state index contributed by atoms with van der Waals surface area (Å²) in [7, 11) is 1.36. The van der Waals surface area contributed by atoms with E-state index in [1.807, 2.05) is 6.07 Å². The van der Waals surface area contributed by atoms with Gasteiger partial charge in [-0.25, -0.2) is 4.79 Å². The largest absolute Gasteiger partial charge is 0.482 e. The molecule has 1 aromatic carbocycles. The van der Waals surface area contributed by atoms with Crippen LogP contribution in [0.4, 0.5) is 10.5 Å². The maximum absolute atomic E-state index is 12.6. The number of hydrogen-bond acceptors (Lipinski definition) is 5. The molecular formula is C17H21N3O5. The number of methoxy groups -OCH3 is 1. The number of ether oxygens (including phenoxy) is 2. The molecule has 3 amide bonds. The molecule has 0 aliphatic carbocycles. The normalized spacial score (nSPS) is 17.1. The number of hydrogen-bond donors (Lipinski definition) is 1. The molecule has 0 saturated carbocycles. The first kappa shape index (κ1) is 17.1. The van der Waals surface area contributed by atoms with Crippen molar-refractivity contribution >= 4 is 23.6 Å². The van der Waals surface area contributed by atoms with E-state index in [4.69, 9.17) is 9.47 Å². The molecule has 0 unspecified atom stereocenters. The van der Waals surface area contributed by atoms with Crippen molar-refractivity contribution in [3.8, 4) is 5.75 Å². The van der Waals surface area contributed by atoms with Crippen molar-refractivity contribution in [3.63, 3.8) is 0 Å². The van der Waals surface area contributed by atoms with Crippen molar-refractivity contribution < 1.29 is 23.9 Å². The summed E-state index contributed by atoms with van der Waals surface area (Å²) in [6, 6.07) is 5.36. The first-order chi connectivity index (χ1) is 12.1. The highest BCUT2D eigenvalue weighted by molar-refractivity contribution is 5.95. The smallest absolute Gasteiger partial charge is 0.409 e. The first-order valence-corrected chi connectivity index (χ1v) is 8.23. The molecule has 25 heavy (non-hydrogen) atoms. The number of benzene rings is 1. The lowest BCUT2D eigenvalue weighted by Crippen LogP contribution is -2.37. The molecule has 0 spiro atoms. The summed E-state index contributed by atoms with van der Waals surface area (Å²) >= 11 is 0. The number of carbonyl (C=O) groups is 3. The molecule has 2 aliphatic heterocycles. The number of fused-ring (bicyclic) bond motifs is 1. The van der Waals surface area contributed by atoms with Gasteiger partial charge in [-0.1, -0.05) is 6.07 Å². The van der Waals surface area contributed by atoms with Crippen molar-refractivity contribution in [2.45, 2.75) is 12.8 Å². The quantitative estimate of drug-likeness (QED) is 0.857. The first-order valence-electron chi connectivity index (χ1n) is 8.23. The van der Waals surface area contributed by atoms with E-state index >= 15 is 0 Å².